The van der Waals surface area contributed by atoms with Crippen LogP contribution in [0.25, 0.3) is 17.4 Å². The van der Waals surface area contributed by atoms with E-state index in [9.17, 15) is 14.9 Å². The highest BCUT2D eigenvalue weighted by molar-refractivity contribution is 8.18. The number of hydrogen-bond donors (Lipinski definition) is 0. The molecule has 4 rings (SSSR count). The fourth-order valence-electron chi connectivity index (χ4n) is 2.94. The van der Waals surface area contributed by atoms with Gasteiger partial charge < -0.3 is 4.42 Å². The van der Waals surface area contributed by atoms with Crippen LogP contribution in [0.2, 0.25) is 0 Å². The quantitative estimate of drug-likeness (QED) is 0.234. The first-order valence-electron chi connectivity index (χ1n) is 9.22. The standard InChI is InChI=1S/C22H16N4O4S/c1-2-13-25-21(27)19(31-22(25)24-20-9-5-6-12-23-20)14-15-10-11-18(30-15)16-7-3-4-8-17(16)26(28)29/h2-12,14H,1,13H2/b19-14+,24-22+. The van der Waals surface area contributed by atoms with Crippen LogP contribution in [0.5, 0.6) is 0 Å². The Morgan fingerprint density at radius 3 is 2.74 bits per heavy atom. The number of pyridine rings is 1. The number of aliphatic imine (C=N–C) groups is 1. The molecule has 0 atom stereocenters. The van der Waals surface area contributed by atoms with Crippen LogP contribution in [0, 0.1) is 10.1 Å². The minimum atomic E-state index is -0.458. The molecule has 0 radical (unpaired) electrons. The number of amides is 1. The first kappa shape index (κ1) is 20.3. The Kier molecular flexibility index (Phi) is 5.76. The molecule has 154 valence electrons. The summed E-state index contributed by atoms with van der Waals surface area (Å²) in [5.74, 6) is 1.01. The highest BCUT2D eigenvalue weighted by Gasteiger charge is 2.33. The molecule has 0 saturated carbocycles. The predicted molar refractivity (Wildman–Crippen MR) is 120 cm³/mol. The average molecular weight is 432 g/mol. The summed E-state index contributed by atoms with van der Waals surface area (Å²) in [6.45, 7) is 4.00. The molecule has 1 aliphatic heterocycles. The molecule has 0 spiro atoms. The topological polar surface area (TPSA) is 102 Å². The monoisotopic (exact) mass is 432 g/mol. The van der Waals surface area contributed by atoms with Gasteiger partial charge in [0.05, 0.1) is 15.4 Å². The van der Waals surface area contributed by atoms with Crippen molar-refractivity contribution in [1.29, 1.82) is 0 Å². The zero-order chi connectivity index (χ0) is 21.8. The molecule has 0 N–H and O–H groups in total. The van der Waals surface area contributed by atoms with E-state index in [4.69, 9.17) is 4.42 Å². The van der Waals surface area contributed by atoms with Gasteiger partial charge in [-0.1, -0.05) is 24.3 Å². The lowest BCUT2D eigenvalue weighted by atomic mass is 10.1. The van der Waals surface area contributed by atoms with Crippen molar-refractivity contribution < 1.29 is 14.1 Å². The molecule has 1 aromatic carbocycles. The van der Waals surface area contributed by atoms with Crippen molar-refractivity contribution in [2.75, 3.05) is 6.54 Å². The summed E-state index contributed by atoms with van der Waals surface area (Å²) in [5.41, 5.74) is 0.317. The number of para-hydroxylation sites is 1. The molecule has 1 saturated heterocycles. The van der Waals surface area contributed by atoms with Crippen LogP contribution in [-0.2, 0) is 4.79 Å². The van der Waals surface area contributed by atoms with Gasteiger partial charge in [0, 0.05) is 24.9 Å². The summed E-state index contributed by atoms with van der Waals surface area (Å²) in [5, 5.41) is 11.8. The van der Waals surface area contributed by atoms with E-state index in [0.717, 1.165) is 0 Å². The average Bonchev–Trinajstić information content (AvgIpc) is 3.35. The van der Waals surface area contributed by atoms with Gasteiger partial charge in [0.25, 0.3) is 11.6 Å². The summed E-state index contributed by atoms with van der Waals surface area (Å²) in [4.78, 5) is 34.3. The lowest BCUT2D eigenvalue weighted by Crippen LogP contribution is -2.29. The minimum absolute atomic E-state index is 0.0516. The summed E-state index contributed by atoms with van der Waals surface area (Å²) < 4.78 is 5.78. The maximum absolute atomic E-state index is 12.9. The molecule has 31 heavy (non-hydrogen) atoms. The van der Waals surface area contributed by atoms with Gasteiger partial charge in [-0.2, -0.15) is 0 Å². The number of furan rings is 1. The van der Waals surface area contributed by atoms with Crippen LogP contribution in [0.3, 0.4) is 0 Å². The minimum Gasteiger partial charge on any atom is -0.456 e. The van der Waals surface area contributed by atoms with Crippen LogP contribution < -0.4 is 0 Å². The van der Waals surface area contributed by atoms with E-state index in [0.29, 0.717) is 39.5 Å². The van der Waals surface area contributed by atoms with E-state index < -0.39 is 4.92 Å². The Morgan fingerprint density at radius 1 is 1.19 bits per heavy atom. The number of benzene rings is 1. The number of hydrogen-bond acceptors (Lipinski definition) is 7. The van der Waals surface area contributed by atoms with Crippen molar-refractivity contribution >= 4 is 40.4 Å². The highest BCUT2D eigenvalue weighted by atomic mass is 32.2. The molecule has 9 heteroatoms. The molecule has 0 bridgehead atoms. The van der Waals surface area contributed by atoms with Crippen molar-refractivity contribution in [3.05, 3.63) is 94.2 Å². The summed E-state index contributed by atoms with van der Waals surface area (Å²) in [6, 6.07) is 15.0. The van der Waals surface area contributed by atoms with E-state index in [1.807, 2.05) is 6.07 Å². The normalized spacial score (nSPS) is 16.3. The van der Waals surface area contributed by atoms with Crippen LogP contribution >= 0.6 is 11.8 Å². The molecule has 1 aliphatic rings. The van der Waals surface area contributed by atoms with E-state index in [-0.39, 0.29) is 11.6 Å². The largest absolute Gasteiger partial charge is 0.456 e. The van der Waals surface area contributed by atoms with Gasteiger partial charge in [-0.15, -0.1) is 6.58 Å². The van der Waals surface area contributed by atoms with Crippen LogP contribution in [0.4, 0.5) is 11.5 Å². The lowest BCUT2D eigenvalue weighted by molar-refractivity contribution is -0.384. The number of nitro groups is 1. The predicted octanol–water partition coefficient (Wildman–Crippen LogP) is 5.04. The van der Waals surface area contributed by atoms with E-state index >= 15 is 0 Å². The Morgan fingerprint density at radius 2 is 2.00 bits per heavy atom. The van der Waals surface area contributed by atoms with Crippen molar-refractivity contribution in [1.82, 2.24) is 9.88 Å². The fraction of sp³-hybridized carbons (Fsp3) is 0.0455. The Hall–Kier alpha value is -3.98. The first-order valence-corrected chi connectivity index (χ1v) is 10.0. The number of nitrogens with zero attached hydrogens (tertiary/aromatic N) is 4. The van der Waals surface area contributed by atoms with Gasteiger partial charge in [-0.3, -0.25) is 19.8 Å². The first-order chi connectivity index (χ1) is 15.1. The molecule has 1 amide bonds. The number of aromatic nitrogens is 1. The number of rotatable bonds is 6. The van der Waals surface area contributed by atoms with Crippen molar-refractivity contribution in [3.8, 4) is 11.3 Å². The SMILES string of the molecule is C=CCN1C(=O)/C(=C\c2ccc(-c3ccccc3[N+](=O)[O-])o2)S/C1=N/c1ccccn1. The maximum Gasteiger partial charge on any atom is 0.280 e. The van der Waals surface area contributed by atoms with E-state index in [2.05, 4.69) is 16.6 Å². The summed E-state index contributed by atoms with van der Waals surface area (Å²) in [6.07, 6.45) is 4.85. The van der Waals surface area contributed by atoms with E-state index in [1.165, 1.54) is 22.7 Å². The van der Waals surface area contributed by atoms with Crippen LogP contribution in [0.1, 0.15) is 5.76 Å². The van der Waals surface area contributed by atoms with Gasteiger partial charge in [-0.25, -0.2) is 9.98 Å². The molecular weight excluding hydrogens is 416 g/mol. The third-order valence-electron chi connectivity index (χ3n) is 4.33. The van der Waals surface area contributed by atoms with Crippen molar-refractivity contribution in [2.24, 2.45) is 4.99 Å². The Balaban J connectivity index is 1.65. The van der Waals surface area contributed by atoms with Crippen molar-refractivity contribution in [2.45, 2.75) is 0 Å². The van der Waals surface area contributed by atoms with Crippen LogP contribution in [0.15, 0.2) is 87.8 Å². The second-order valence-electron chi connectivity index (χ2n) is 6.37. The Bertz CT molecular complexity index is 1220. The fourth-order valence-corrected chi connectivity index (χ4v) is 3.92. The van der Waals surface area contributed by atoms with E-state index in [1.54, 1.807) is 60.8 Å². The third-order valence-corrected chi connectivity index (χ3v) is 5.33. The highest BCUT2D eigenvalue weighted by Crippen LogP contribution is 2.36. The van der Waals surface area contributed by atoms with Gasteiger partial charge in [-0.05, 0) is 42.1 Å². The summed E-state index contributed by atoms with van der Waals surface area (Å²) in [7, 11) is 0. The maximum atomic E-state index is 12.9. The molecule has 1 fully saturated rings. The third kappa shape index (κ3) is 4.31. The van der Waals surface area contributed by atoms with Gasteiger partial charge in [0.15, 0.2) is 11.0 Å². The summed E-state index contributed by atoms with van der Waals surface area (Å²) >= 11 is 1.20. The molecular formula is C22H16N4O4S. The Labute approximate surface area is 181 Å². The second-order valence-corrected chi connectivity index (χ2v) is 7.38. The molecule has 2 aromatic heterocycles. The molecule has 3 aromatic rings. The van der Waals surface area contributed by atoms with Gasteiger partial charge >= 0.3 is 0 Å². The number of amidine groups is 1. The van der Waals surface area contributed by atoms with Crippen LogP contribution in [-0.4, -0.2) is 32.4 Å². The zero-order valence-corrected chi connectivity index (χ0v) is 17.0. The lowest BCUT2D eigenvalue weighted by Gasteiger charge is -2.12. The van der Waals surface area contributed by atoms with Gasteiger partial charge in [0.1, 0.15) is 11.5 Å². The van der Waals surface area contributed by atoms with Crippen molar-refractivity contribution in [3.63, 3.8) is 0 Å². The van der Waals surface area contributed by atoms with Gasteiger partial charge in [0.2, 0.25) is 0 Å². The number of carbonyl (C=O) groups excluding carboxylic acids is 1. The second kappa shape index (κ2) is 8.80. The number of nitro benzene ring substituents is 1. The number of thioether (sulfide) groups is 1. The zero-order valence-electron chi connectivity index (χ0n) is 16.2. The smallest absolute Gasteiger partial charge is 0.280 e. The molecule has 3 heterocycles. The molecule has 0 unspecified atom stereocenters. The number of carbonyl (C=O) groups is 1. The molecule has 8 nitrogen and oxygen atoms in total. The molecule has 0 aliphatic carbocycles.